The number of hydrogen-bond donors (Lipinski definition) is 1. The number of nitrogens with one attached hydrogen (secondary N) is 1. The van der Waals surface area contributed by atoms with Gasteiger partial charge in [0.05, 0.1) is 17.6 Å². The summed E-state index contributed by atoms with van der Waals surface area (Å²) in [6, 6.07) is 5.86. The van der Waals surface area contributed by atoms with Crippen LogP contribution < -0.4 is 0 Å². The van der Waals surface area contributed by atoms with Gasteiger partial charge < -0.3 is 0 Å². The van der Waals surface area contributed by atoms with E-state index in [-0.39, 0.29) is 5.92 Å². The standard InChI is InChI=1S/C14H18N4O2S/c1-21(19,20)18-8-2-3-12(10-18)11-4-6-15-14(9-11)13-5-7-16-17-13/h4-7,9,12H,2-3,8,10H2,1H3,(H,16,17)/t12-/m0/s1. The van der Waals surface area contributed by atoms with Crippen molar-refractivity contribution in [2.75, 3.05) is 19.3 Å². The molecule has 2 aromatic heterocycles. The number of H-pyrrole nitrogens is 1. The SMILES string of the molecule is CS(=O)(=O)N1CCC[C@H](c2ccnc(-c3ccn[nH]3)c2)C1. The Morgan fingerprint density at radius 3 is 2.90 bits per heavy atom. The molecule has 6 nitrogen and oxygen atoms in total. The van der Waals surface area contributed by atoms with Crippen molar-refractivity contribution in [3.05, 3.63) is 36.2 Å². The lowest BCUT2D eigenvalue weighted by Crippen LogP contribution is -2.38. The summed E-state index contributed by atoms with van der Waals surface area (Å²) in [5.74, 6) is 0.221. The zero-order valence-electron chi connectivity index (χ0n) is 11.9. The third-order valence-electron chi connectivity index (χ3n) is 3.89. The normalized spacial score (nSPS) is 20.5. The van der Waals surface area contributed by atoms with E-state index in [9.17, 15) is 8.42 Å². The number of piperidine rings is 1. The Labute approximate surface area is 124 Å². The Morgan fingerprint density at radius 2 is 2.19 bits per heavy atom. The first-order valence-electron chi connectivity index (χ1n) is 6.95. The van der Waals surface area contributed by atoms with Gasteiger partial charge in [-0.25, -0.2) is 12.7 Å². The second kappa shape index (κ2) is 5.57. The maximum atomic E-state index is 11.7. The summed E-state index contributed by atoms with van der Waals surface area (Å²) in [4.78, 5) is 4.34. The lowest BCUT2D eigenvalue weighted by atomic mass is 9.92. The van der Waals surface area contributed by atoms with Crippen LogP contribution in [0.25, 0.3) is 11.4 Å². The lowest BCUT2D eigenvalue weighted by molar-refractivity contribution is 0.317. The molecular formula is C14H18N4O2S. The summed E-state index contributed by atoms with van der Waals surface area (Å²) in [5, 5.41) is 6.83. The molecule has 0 unspecified atom stereocenters. The fraction of sp³-hybridized carbons (Fsp3) is 0.429. The molecule has 0 aliphatic carbocycles. The van der Waals surface area contributed by atoms with Crippen molar-refractivity contribution in [1.29, 1.82) is 0 Å². The van der Waals surface area contributed by atoms with Crippen molar-refractivity contribution >= 4 is 10.0 Å². The highest BCUT2D eigenvalue weighted by Gasteiger charge is 2.27. The minimum Gasteiger partial charge on any atom is -0.276 e. The van der Waals surface area contributed by atoms with E-state index in [0.29, 0.717) is 13.1 Å². The molecule has 2 aromatic rings. The summed E-state index contributed by atoms with van der Waals surface area (Å²) in [7, 11) is -3.12. The van der Waals surface area contributed by atoms with E-state index in [1.165, 1.54) is 6.26 Å². The number of sulfonamides is 1. The predicted molar refractivity (Wildman–Crippen MR) is 80.2 cm³/mol. The van der Waals surface area contributed by atoms with E-state index in [2.05, 4.69) is 15.2 Å². The Kier molecular flexibility index (Phi) is 3.77. The molecule has 1 atom stereocenters. The van der Waals surface area contributed by atoms with E-state index in [4.69, 9.17) is 0 Å². The molecule has 0 aromatic carbocycles. The van der Waals surface area contributed by atoms with Crippen LogP contribution in [0.5, 0.6) is 0 Å². The number of rotatable bonds is 3. The average molecular weight is 306 g/mol. The molecule has 0 saturated carbocycles. The third-order valence-corrected chi connectivity index (χ3v) is 5.15. The molecule has 1 aliphatic heterocycles. The number of aromatic amines is 1. The molecule has 3 rings (SSSR count). The summed E-state index contributed by atoms with van der Waals surface area (Å²) < 4.78 is 25.0. The maximum absolute atomic E-state index is 11.7. The van der Waals surface area contributed by atoms with Gasteiger partial charge in [-0.3, -0.25) is 10.1 Å². The Balaban J connectivity index is 1.85. The Hall–Kier alpha value is -1.73. The molecule has 7 heteroatoms. The third kappa shape index (κ3) is 3.14. The summed E-state index contributed by atoms with van der Waals surface area (Å²) in [6.45, 7) is 1.17. The molecule has 0 radical (unpaired) electrons. The number of pyridine rings is 1. The maximum Gasteiger partial charge on any atom is 0.211 e. The van der Waals surface area contributed by atoms with Gasteiger partial charge in [-0.2, -0.15) is 5.10 Å². The van der Waals surface area contributed by atoms with Crippen molar-refractivity contribution in [3.63, 3.8) is 0 Å². The van der Waals surface area contributed by atoms with Gasteiger partial charge in [-0.05, 0) is 42.5 Å². The molecule has 3 heterocycles. The molecule has 1 aliphatic rings. The molecule has 112 valence electrons. The second-order valence-corrected chi connectivity index (χ2v) is 7.39. The zero-order chi connectivity index (χ0) is 14.9. The highest BCUT2D eigenvalue weighted by molar-refractivity contribution is 7.88. The van der Waals surface area contributed by atoms with Gasteiger partial charge in [0.15, 0.2) is 0 Å². The molecule has 0 amide bonds. The fourth-order valence-corrected chi connectivity index (χ4v) is 3.67. The van der Waals surface area contributed by atoms with Gasteiger partial charge in [0.1, 0.15) is 0 Å². The van der Waals surface area contributed by atoms with Crippen LogP contribution in [0, 0.1) is 0 Å². The fourth-order valence-electron chi connectivity index (χ4n) is 2.76. The largest absolute Gasteiger partial charge is 0.276 e. The van der Waals surface area contributed by atoms with Gasteiger partial charge in [0.25, 0.3) is 0 Å². The monoisotopic (exact) mass is 306 g/mol. The zero-order valence-corrected chi connectivity index (χ0v) is 12.7. The van der Waals surface area contributed by atoms with E-state index < -0.39 is 10.0 Å². The summed E-state index contributed by atoms with van der Waals surface area (Å²) >= 11 is 0. The first-order valence-corrected chi connectivity index (χ1v) is 8.80. The summed E-state index contributed by atoms with van der Waals surface area (Å²) in [6.07, 6.45) is 6.62. The molecule has 1 fully saturated rings. The highest BCUT2D eigenvalue weighted by atomic mass is 32.2. The van der Waals surface area contributed by atoms with Crippen LogP contribution >= 0.6 is 0 Å². The van der Waals surface area contributed by atoms with Crippen LogP contribution in [-0.4, -0.2) is 47.2 Å². The van der Waals surface area contributed by atoms with Gasteiger partial charge >= 0.3 is 0 Å². The van der Waals surface area contributed by atoms with Gasteiger partial charge in [0.2, 0.25) is 10.0 Å². The van der Waals surface area contributed by atoms with Crippen LogP contribution in [0.4, 0.5) is 0 Å². The van der Waals surface area contributed by atoms with Gasteiger partial charge in [-0.15, -0.1) is 0 Å². The Morgan fingerprint density at radius 1 is 1.33 bits per heavy atom. The lowest BCUT2D eigenvalue weighted by Gasteiger charge is -2.31. The molecule has 0 spiro atoms. The van der Waals surface area contributed by atoms with E-state index in [1.807, 2.05) is 18.2 Å². The number of nitrogens with zero attached hydrogens (tertiary/aromatic N) is 3. The van der Waals surface area contributed by atoms with Gasteiger partial charge in [-0.1, -0.05) is 0 Å². The Bertz CT molecular complexity index is 712. The first-order chi connectivity index (χ1) is 10.0. The van der Waals surface area contributed by atoms with E-state index >= 15 is 0 Å². The van der Waals surface area contributed by atoms with Crippen LogP contribution in [0.15, 0.2) is 30.6 Å². The molecular weight excluding hydrogens is 288 g/mol. The minimum absolute atomic E-state index is 0.221. The summed E-state index contributed by atoms with van der Waals surface area (Å²) in [5.41, 5.74) is 2.83. The van der Waals surface area contributed by atoms with Crippen LogP contribution in [0.3, 0.4) is 0 Å². The smallest absolute Gasteiger partial charge is 0.211 e. The van der Waals surface area contributed by atoms with Crippen molar-refractivity contribution in [2.45, 2.75) is 18.8 Å². The number of hydrogen-bond acceptors (Lipinski definition) is 4. The van der Waals surface area contributed by atoms with Crippen molar-refractivity contribution in [2.24, 2.45) is 0 Å². The van der Waals surface area contributed by atoms with Gasteiger partial charge in [0, 0.05) is 25.5 Å². The highest BCUT2D eigenvalue weighted by Crippen LogP contribution is 2.29. The second-order valence-electron chi connectivity index (χ2n) is 5.40. The average Bonchev–Trinajstić information content (AvgIpc) is 3.01. The first kappa shape index (κ1) is 14.2. The number of aromatic nitrogens is 3. The molecule has 1 saturated heterocycles. The van der Waals surface area contributed by atoms with Crippen LogP contribution in [0.2, 0.25) is 0 Å². The minimum atomic E-state index is -3.12. The van der Waals surface area contributed by atoms with Crippen molar-refractivity contribution in [3.8, 4) is 11.4 Å². The van der Waals surface area contributed by atoms with Crippen LogP contribution in [-0.2, 0) is 10.0 Å². The van der Waals surface area contributed by atoms with Crippen LogP contribution in [0.1, 0.15) is 24.3 Å². The molecule has 21 heavy (non-hydrogen) atoms. The van der Waals surface area contributed by atoms with Crippen molar-refractivity contribution in [1.82, 2.24) is 19.5 Å². The quantitative estimate of drug-likeness (QED) is 0.934. The van der Waals surface area contributed by atoms with Crippen molar-refractivity contribution < 1.29 is 8.42 Å². The predicted octanol–water partition coefficient (Wildman–Crippen LogP) is 1.61. The van der Waals surface area contributed by atoms with E-state index in [1.54, 1.807) is 16.7 Å². The molecule has 1 N–H and O–H groups in total. The topological polar surface area (TPSA) is 79.0 Å². The van der Waals surface area contributed by atoms with E-state index in [0.717, 1.165) is 29.8 Å². The molecule has 0 bridgehead atoms.